The molecule has 7 nitrogen and oxygen atoms in total. The first-order valence-electron chi connectivity index (χ1n) is 10.1. The average Bonchev–Trinajstić information content (AvgIpc) is 3.13. The summed E-state index contributed by atoms with van der Waals surface area (Å²) in [5.41, 5.74) is 2.12. The van der Waals surface area contributed by atoms with E-state index >= 15 is 0 Å². The highest BCUT2D eigenvalue weighted by atomic mass is 79.9. The molecule has 0 saturated carbocycles. The summed E-state index contributed by atoms with van der Waals surface area (Å²) in [4.78, 5) is 26.4. The molecule has 0 radical (unpaired) electrons. The number of benzene rings is 2. The maximum atomic E-state index is 14.2. The minimum Gasteiger partial charge on any atom is -0.322 e. The van der Waals surface area contributed by atoms with Crippen LogP contribution in [0.25, 0.3) is 16.6 Å². The second-order valence-corrected chi connectivity index (χ2v) is 8.34. The van der Waals surface area contributed by atoms with Crippen LogP contribution in [0.15, 0.2) is 57.8 Å². The van der Waals surface area contributed by atoms with Gasteiger partial charge in [0.2, 0.25) is 5.91 Å². The van der Waals surface area contributed by atoms with E-state index in [1.54, 1.807) is 24.6 Å². The topological polar surface area (TPSA) is 81.8 Å². The lowest BCUT2D eigenvalue weighted by atomic mass is 10.1. The molecule has 0 spiro atoms. The van der Waals surface area contributed by atoms with Gasteiger partial charge in [-0.1, -0.05) is 41.1 Å². The number of aromatic nitrogens is 4. The number of fused-ring (bicyclic) bond motifs is 1. The Morgan fingerprint density at radius 3 is 2.53 bits per heavy atom. The van der Waals surface area contributed by atoms with Crippen LogP contribution in [0.4, 0.5) is 10.1 Å². The molecule has 0 saturated heterocycles. The normalized spacial score (nSPS) is 12.2. The van der Waals surface area contributed by atoms with Crippen LogP contribution in [0.2, 0.25) is 0 Å². The Kier molecular flexibility index (Phi) is 5.92. The van der Waals surface area contributed by atoms with Crippen LogP contribution in [0.5, 0.6) is 0 Å². The molecule has 0 bridgehead atoms. The van der Waals surface area contributed by atoms with Crippen molar-refractivity contribution in [2.75, 3.05) is 5.32 Å². The zero-order valence-corrected chi connectivity index (χ0v) is 19.4. The van der Waals surface area contributed by atoms with E-state index in [0.29, 0.717) is 33.2 Å². The van der Waals surface area contributed by atoms with Crippen LogP contribution in [0, 0.1) is 19.7 Å². The minimum absolute atomic E-state index is 0.0376. The van der Waals surface area contributed by atoms with Crippen molar-refractivity contribution >= 4 is 38.4 Å². The first kappa shape index (κ1) is 21.9. The maximum absolute atomic E-state index is 14.2. The van der Waals surface area contributed by atoms with Crippen LogP contribution in [-0.2, 0) is 4.79 Å². The van der Waals surface area contributed by atoms with Gasteiger partial charge < -0.3 is 5.32 Å². The maximum Gasteiger partial charge on any atom is 0.278 e. The molecular formula is C23H21BrFN5O2. The lowest BCUT2D eigenvalue weighted by molar-refractivity contribution is -0.119. The fourth-order valence-corrected chi connectivity index (χ4v) is 4.02. The lowest BCUT2D eigenvalue weighted by Gasteiger charge is -2.17. The predicted octanol–water partition coefficient (Wildman–Crippen LogP) is 4.69. The van der Waals surface area contributed by atoms with Gasteiger partial charge in [0.15, 0.2) is 0 Å². The van der Waals surface area contributed by atoms with Gasteiger partial charge >= 0.3 is 0 Å². The summed E-state index contributed by atoms with van der Waals surface area (Å²) in [6, 6.07) is 12.9. The van der Waals surface area contributed by atoms with E-state index in [1.807, 2.05) is 37.3 Å². The van der Waals surface area contributed by atoms with Crippen molar-refractivity contribution in [3.8, 4) is 5.69 Å². The summed E-state index contributed by atoms with van der Waals surface area (Å²) >= 11 is 3.19. The number of hydrogen-bond acceptors (Lipinski definition) is 4. The van der Waals surface area contributed by atoms with Crippen molar-refractivity contribution in [1.29, 1.82) is 0 Å². The number of halogens is 2. The Labute approximate surface area is 192 Å². The van der Waals surface area contributed by atoms with Crippen molar-refractivity contribution < 1.29 is 9.18 Å². The Bertz CT molecular complexity index is 1380. The number of para-hydroxylation sites is 1. The summed E-state index contributed by atoms with van der Waals surface area (Å²) in [5, 5.41) is 12.0. The smallest absolute Gasteiger partial charge is 0.278 e. The standard InChI is InChI=1S/C23H21BrFN5O2/c1-4-19(22(31)26-18-11-10-15(24)12-17(18)25)30-23(32)20-14(3)29(16-8-6-5-7-9-16)28-21(20)13(2)27-30/h5-12,19H,4H2,1-3H3,(H,26,31). The number of carbonyl (C=O) groups excluding carboxylic acids is 1. The molecule has 9 heteroatoms. The molecule has 1 atom stereocenters. The van der Waals surface area contributed by atoms with Gasteiger partial charge in [-0.3, -0.25) is 9.59 Å². The first-order chi connectivity index (χ1) is 15.3. The van der Waals surface area contributed by atoms with E-state index in [9.17, 15) is 14.0 Å². The van der Waals surface area contributed by atoms with E-state index in [-0.39, 0.29) is 5.69 Å². The Hall–Kier alpha value is -3.33. The van der Waals surface area contributed by atoms with Crippen molar-refractivity contribution in [2.24, 2.45) is 0 Å². The molecule has 32 heavy (non-hydrogen) atoms. The molecule has 2 aromatic heterocycles. The third-order valence-corrected chi connectivity index (χ3v) is 5.81. The van der Waals surface area contributed by atoms with Crippen molar-refractivity contribution in [3.63, 3.8) is 0 Å². The lowest BCUT2D eigenvalue weighted by Crippen LogP contribution is -2.35. The van der Waals surface area contributed by atoms with E-state index < -0.39 is 23.3 Å². The van der Waals surface area contributed by atoms with Crippen molar-refractivity contribution in [3.05, 3.63) is 80.6 Å². The van der Waals surface area contributed by atoms with Crippen molar-refractivity contribution in [1.82, 2.24) is 19.6 Å². The number of hydrogen-bond donors (Lipinski definition) is 1. The number of anilines is 1. The van der Waals surface area contributed by atoms with E-state index in [0.717, 1.165) is 5.69 Å². The van der Waals surface area contributed by atoms with Crippen LogP contribution < -0.4 is 10.9 Å². The number of aryl methyl sites for hydroxylation is 2. The Morgan fingerprint density at radius 2 is 1.88 bits per heavy atom. The molecule has 0 aliphatic rings. The van der Waals surface area contributed by atoms with Gasteiger partial charge in [-0.05, 0) is 50.6 Å². The molecule has 4 rings (SSSR count). The number of carbonyl (C=O) groups is 1. The van der Waals surface area contributed by atoms with Crippen LogP contribution in [0.3, 0.4) is 0 Å². The fourth-order valence-electron chi connectivity index (χ4n) is 3.69. The molecule has 0 fully saturated rings. The fraction of sp³-hybridized carbons (Fsp3) is 0.217. The SMILES string of the molecule is CCC(C(=O)Nc1ccc(Br)cc1F)n1nc(C)c2nn(-c3ccccc3)c(C)c2c1=O. The predicted molar refractivity (Wildman–Crippen MR) is 125 cm³/mol. The van der Waals surface area contributed by atoms with E-state index in [4.69, 9.17) is 0 Å². The largest absolute Gasteiger partial charge is 0.322 e. The average molecular weight is 498 g/mol. The van der Waals surface area contributed by atoms with Gasteiger partial charge in [-0.25, -0.2) is 13.8 Å². The zero-order valence-electron chi connectivity index (χ0n) is 17.8. The van der Waals surface area contributed by atoms with Gasteiger partial charge in [0.1, 0.15) is 17.4 Å². The molecule has 1 unspecified atom stereocenters. The zero-order chi connectivity index (χ0) is 23.0. The molecule has 0 aliphatic carbocycles. The third-order valence-electron chi connectivity index (χ3n) is 5.31. The van der Waals surface area contributed by atoms with Gasteiger partial charge in [-0.2, -0.15) is 10.2 Å². The molecule has 2 aromatic carbocycles. The molecule has 1 amide bonds. The van der Waals surface area contributed by atoms with Crippen LogP contribution in [-0.4, -0.2) is 25.5 Å². The molecule has 164 valence electrons. The summed E-state index contributed by atoms with van der Waals surface area (Å²) in [5.74, 6) is -1.09. The highest BCUT2D eigenvalue weighted by Gasteiger charge is 2.26. The Balaban J connectivity index is 1.79. The molecule has 2 heterocycles. The summed E-state index contributed by atoms with van der Waals surface area (Å²) in [6.45, 7) is 5.33. The first-order valence-corrected chi connectivity index (χ1v) is 10.9. The minimum atomic E-state index is -0.909. The highest BCUT2D eigenvalue weighted by Crippen LogP contribution is 2.23. The number of amides is 1. The molecule has 0 aliphatic heterocycles. The van der Waals surface area contributed by atoms with E-state index in [2.05, 4.69) is 31.4 Å². The molecule has 4 aromatic rings. The summed E-state index contributed by atoms with van der Waals surface area (Å²) in [6.07, 6.45) is 0.299. The molecular weight excluding hydrogens is 477 g/mol. The summed E-state index contributed by atoms with van der Waals surface area (Å²) in [7, 11) is 0. The van der Waals surface area contributed by atoms with Gasteiger partial charge in [0.25, 0.3) is 5.56 Å². The monoisotopic (exact) mass is 497 g/mol. The van der Waals surface area contributed by atoms with Crippen LogP contribution in [0.1, 0.15) is 30.8 Å². The van der Waals surface area contributed by atoms with Crippen molar-refractivity contribution in [2.45, 2.75) is 33.2 Å². The van der Waals surface area contributed by atoms with Gasteiger partial charge in [0, 0.05) is 4.47 Å². The third kappa shape index (κ3) is 3.84. The van der Waals surface area contributed by atoms with Crippen LogP contribution >= 0.6 is 15.9 Å². The number of rotatable bonds is 5. The Morgan fingerprint density at radius 1 is 1.16 bits per heavy atom. The number of nitrogens with one attached hydrogen (secondary N) is 1. The van der Waals surface area contributed by atoms with E-state index in [1.165, 1.54) is 16.8 Å². The highest BCUT2D eigenvalue weighted by molar-refractivity contribution is 9.10. The quantitative estimate of drug-likeness (QED) is 0.433. The second kappa shape index (κ2) is 8.66. The second-order valence-electron chi connectivity index (χ2n) is 7.43. The van der Waals surface area contributed by atoms with Gasteiger partial charge in [-0.15, -0.1) is 0 Å². The number of nitrogens with zero attached hydrogens (tertiary/aromatic N) is 4. The summed E-state index contributed by atoms with van der Waals surface area (Å²) < 4.78 is 17.6. The van der Waals surface area contributed by atoms with Gasteiger partial charge in [0.05, 0.1) is 28.1 Å². The molecule has 1 N–H and O–H groups in total.